The zero-order valence-electron chi connectivity index (χ0n) is 10.6. The fourth-order valence-corrected chi connectivity index (χ4v) is 2.02. The smallest absolute Gasteiger partial charge is 0.323 e. The molecule has 2 rings (SSSR count). The molecule has 1 aromatic rings. The topological polar surface area (TPSA) is 57.6 Å². The minimum Gasteiger partial charge on any atom is -0.480 e. The molecule has 1 aliphatic rings. The van der Waals surface area contributed by atoms with Crippen LogP contribution in [0.2, 0.25) is 0 Å². The van der Waals surface area contributed by atoms with E-state index in [4.69, 9.17) is 5.11 Å². The molecule has 4 nitrogen and oxygen atoms in total. The van der Waals surface area contributed by atoms with Crippen molar-refractivity contribution in [2.24, 2.45) is 0 Å². The zero-order chi connectivity index (χ0) is 13.3. The fraction of sp³-hybridized carbons (Fsp3) is 0.429. The summed E-state index contributed by atoms with van der Waals surface area (Å²) in [5.74, 6) is -1.12. The van der Waals surface area contributed by atoms with E-state index in [0.29, 0.717) is 5.56 Å². The molecule has 96 valence electrons. The van der Waals surface area contributed by atoms with E-state index in [-0.39, 0.29) is 18.5 Å². The van der Waals surface area contributed by atoms with Gasteiger partial charge in [-0.2, -0.15) is 0 Å². The van der Waals surface area contributed by atoms with Crippen LogP contribution in [0.4, 0.5) is 0 Å². The van der Waals surface area contributed by atoms with E-state index >= 15 is 0 Å². The van der Waals surface area contributed by atoms with Gasteiger partial charge in [-0.15, -0.1) is 0 Å². The number of carboxylic acids is 1. The molecule has 0 unspecified atom stereocenters. The van der Waals surface area contributed by atoms with E-state index in [1.807, 2.05) is 32.0 Å². The summed E-state index contributed by atoms with van der Waals surface area (Å²) in [6.07, 6.45) is 1.81. The largest absolute Gasteiger partial charge is 0.480 e. The average Bonchev–Trinajstić information content (AvgIpc) is 3.12. The van der Waals surface area contributed by atoms with Gasteiger partial charge >= 0.3 is 5.97 Å². The highest BCUT2D eigenvalue weighted by Gasteiger charge is 2.34. The van der Waals surface area contributed by atoms with Crippen molar-refractivity contribution in [1.29, 1.82) is 0 Å². The van der Waals surface area contributed by atoms with Crippen molar-refractivity contribution in [3.05, 3.63) is 34.9 Å². The molecule has 1 saturated carbocycles. The first-order valence-electron chi connectivity index (χ1n) is 6.09. The number of hydrogen-bond acceptors (Lipinski definition) is 2. The number of carbonyl (C=O) groups is 2. The minimum atomic E-state index is -0.958. The maximum Gasteiger partial charge on any atom is 0.323 e. The first-order valence-corrected chi connectivity index (χ1v) is 6.09. The highest BCUT2D eigenvalue weighted by molar-refractivity contribution is 5.97. The zero-order valence-corrected chi connectivity index (χ0v) is 10.6. The lowest BCUT2D eigenvalue weighted by Crippen LogP contribution is -2.37. The van der Waals surface area contributed by atoms with Gasteiger partial charge in [0.05, 0.1) is 0 Å². The second-order valence-corrected chi connectivity index (χ2v) is 4.88. The summed E-state index contributed by atoms with van der Waals surface area (Å²) in [6.45, 7) is 3.59. The van der Waals surface area contributed by atoms with Gasteiger partial charge in [-0.1, -0.05) is 17.7 Å². The SMILES string of the molecule is Cc1ccc(C)c(C(=O)N(CC(=O)O)C2CC2)c1. The predicted octanol–water partition coefficient (Wildman–Crippen LogP) is 1.99. The lowest BCUT2D eigenvalue weighted by atomic mass is 10.0. The van der Waals surface area contributed by atoms with Gasteiger partial charge in [0.2, 0.25) is 0 Å². The van der Waals surface area contributed by atoms with Crippen molar-refractivity contribution < 1.29 is 14.7 Å². The van der Waals surface area contributed by atoms with Gasteiger partial charge in [0.15, 0.2) is 0 Å². The average molecular weight is 247 g/mol. The summed E-state index contributed by atoms with van der Waals surface area (Å²) >= 11 is 0. The first kappa shape index (κ1) is 12.6. The third-order valence-corrected chi connectivity index (χ3v) is 3.18. The Bertz CT molecular complexity index is 492. The van der Waals surface area contributed by atoms with Crippen LogP contribution in [-0.2, 0) is 4.79 Å². The number of amides is 1. The van der Waals surface area contributed by atoms with Gasteiger partial charge in [-0.05, 0) is 38.3 Å². The van der Waals surface area contributed by atoms with Crippen molar-refractivity contribution in [2.75, 3.05) is 6.54 Å². The van der Waals surface area contributed by atoms with Crippen LogP contribution in [0.5, 0.6) is 0 Å². The molecular formula is C14H17NO3. The highest BCUT2D eigenvalue weighted by Crippen LogP contribution is 2.28. The fourth-order valence-electron chi connectivity index (χ4n) is 2.02. The van der Waals surface area contributed by atoms with Crippen LogP contribution in [-0.4, -0.2) is 34.5 Å². The molecule has 0 heterocycles. The number of rotatable bonds is 4. The second kappa shape index (κ2) is 4.80. The first-order chi connectivity index (χ1) is 8.49. The molecule has 1 N–H and O–H groups in total. The van der Waals surface area contributed by atoms with Crippen LogP contribution in [0, 0.1) is 13.8 Å². The van der Waals surface area contributed by atoms with Gasteiger partial charge in [-0.3, -0.25) is 9.59 Å². The molecule has 0 aromatic heterocycles. The summed E-state index contributed by atoms with van der Waals surface area (Å²) in [4.78, 5) is 24.7. The van der Waals surface area contributed by atoms with Crippen molar-refractivity contribution in [3.63, 3.8) is 0 Å². The molecule has 0 bridgehead atoms. The van der Waals surface area contributed by atoms with Crippen LogP contribution in [0.15, 0.2) is 18.2 Å². The molecule has 1 fully saturated rings. The van der Waals surface area contributed by atoms with Gasteiger partial charge in [-0.25, -0.2) is 0 Å². The Hall–Kier alpha value is -1.84. The minimum absolute atomic E-state index is 0.105. The summed E-state index contributed by atoms with van der Waals surface area (Å²) in [5, 5.41) is 8.89. The summed E-state index contributed by atoms with van der Waals surface area (Å²) in [7, 11) is 0. The van der Waals surface area contributed by atoms with Crippen molar-refractivity contribution in [2.45, 2.75) is 32.7 Å². The van der Waals surface area contributed by atoms with Crippen molar-refractivity contribution >= 4 is 11.9 Å². The molecular weight excluding hydrogens is 230 g/mol. The predicted molar refractivity (Wildman–Crippen MR) is 67.6 cm³/mol. The lowest BCUT2D eigenvalue weighted by Gasteiger charge is -2.21. The van der Waals surface area contributed by atoms with Gasteiger partial charge in [0.1, 0.15) is 6.54 Å². The van der Waals surface area contributed by atoms with Crippen LogP contribution in [0.25, 0.3) is 0 Å². The normalized spacial score (nSPS) is 14.3. The number of nitrogens with zero attached hydrogens (tertiary/aromatic N) is 1. The Morgan fingerprint density at radius 2 is 2.00 bits per heavy atom. The standard InChI is InChI=1S/C14H17NO3/c1-9-3-4-10(2)12(7-9)14(18)15(8-13(16)17)11-5-6-11/h3-4,7,11H,5-6,8H2,1-2H3,(H,16,17). The van der Waals surface area contributed by atoms with E-state index in [2.05, 4.69) is 0 Å². The third-order valence-electron chi connectivity index (χ3n) is 3.18. The van der Waals surface area contributed by atoms with Gasteiger partial charge < -0.3 is 10.0 Å². The number of benzene rings is 1. The Morgan fingerprint density at radius 3 is 2.56 bits per heavy atom. The molecule has 4 heteroatoms. The molecule has 0 saturated heterocycles. The summed E-state index contributed by atoms with van der Waals surface area (Å²) in [6, 6.07) is 5.78. The van der Waals surface area contributed by atoms with Crippen LogP contribution >= 0.6 is 0 Å². The molecule has 0 atom stereocenters. The monoisotopic (exact) mass is 247 g/mol. The number of hydrogen-bond donors (Lipinski definition) is 1. The number of aryl methyl sites for hydroxylation is 2. The van der Waals surface area contributed by atoms with Gasteiger partial charge in [0, 0.05) is 11.6 Å². The Balaban J connectivity index is 2.27. The lowest BCUT2D eigenvalue weighted by molar-refractivity contribution is -0.137. The molecule has 1 aliphatic carbocycles. The number of carbonyl (C=O) groups excluding carboxylic acids is 1. The molecule has 1 aromatic carbocycles. The number of aliphatic carboxylic acids is 1. The second-order valence-electron chi connectivity index (χ2n) is 4.88. The molecule has 0 spiro atoms. The Kier molecular flexibility index (Phi) is 3.36. The maximum absolute atomic E-state index is 12.4. The van der Waals surface area contributed by atoms with E-state index in [9.17, 15) is 9.59 Å². The summed E-state index contributed by atoms with van der Waals surface area (Å²) in [5.41, 5.74) is 2.51. The molecule has 0 radical (unpaired) electrons. The Morgan fingerprint density at radius 1 is 1.33 bits per heavy atom. The quantitative estimate of drug-likeness (QED) is 0.885. The van der Waals surface area contributed by atoms with Crippen LogP contribution < -0.4 is 0 Å². The van der Waals surface area contributed by atoms with E-state index in [0.717, 1.165) is 24.0 Å². The summed E-state index contributed by atoms with van der Waals surface area (Å²) < 4.78 is 0. The number of carboxylic acid groups (broad SMARTS) is 1. The van der Waals surface area contributed by atoms with Crippen LogP contribution in [0.1, 0.15) is 34.3 Å². The van der Waals surface area contributed by atoms with E-state index in [1.165, 1.54) is 4.90 Å². The van der Waals surface area contributed by atoms with Gasteiger partial charge in [0.25, 0.3) is 5.91 Å². The maximum atomic E-state index is 12.4. The van der Waals surface area contributed by atoms with Crippen LogP contribution in [0.3, 0.4) is 0 Å². The third kappa shape index (κ3) is 2.70. The Labute approximate surface area is 106 Å². The van der Waals surface area contributed by atoms with E-state index in [1.54, 1.807) is 0 Å². The molecule has 0 aliphatic heterocycles. The van der Waals surface area contributed by atoms with Crippen molar-refractivity contribution in [1.82, 2.24) is 4.90 Å². The highest BCUT2D eigenvalue weighted by atomic mass is 16.4. The molecule has 1 amide bonds. The van der Waals surface area contributed by atoms with Crippen molar-refractivity contribution in [3.8, 4) is 0 Å². The molecule has 18 heavy (non-hydrogen) atoms. The van der Waals surface area contributed by atoms with E-state index < -0.39 is 5.97 Å².